The molecule has 1 aliphatic rings. The molecule has 1 aromatic carbocycles. The van der Waals surface area contributed by atoms with Crippen LogP contribution >= 0.6 is 0 Å². The summed E-state index contributed by atoms with van der Waals surface area (Å²) in [4.78, 5) is 9.67. The van der Waals surface area contributed by atoms with E-state index in [1.165, 1.54) is 5.69 Å². The van der Waals surface area contributed by atoms with E-state index in [0.717, 1.165) is 63.8 Å². The Morgan fingerprint density at radius 1 is 1.25 bits per heavy atom. The zero-order chi connectivity index (χ0) is 20.4. The number of nitrogens with one attached hydrogen (secondary N) is 1. The Morgan fingerprint density at radius 3 is 2.61 bits per heavy atom. The summed E-state index contributed by atoms with van der Waals surface area (Å²) in [6, 6.07) is 8.26. The molecule has 1 fully saturated rings. The van der Waals surface area contributed by atoms with Crippen molar-refractivity contribution in [3.63, 3.8) is 0 Å². The number of aliphatic hydroxyl groups excluding tert-OH is 1. The molecule has 0 saturated carbocycles. The molecule has 28 heavy (non-hydrogen) atoms. The van der Waals surface area contributed by atoms with E-state index in [1.807, 2.05) is 12.1 Å². The van der Waals surface area contributed by atoms with Crippen LogP contribution in [0.15, 0.2) is 29.3 Å². The Kier molecular flexibility index (Phi) is 9.41. The maximum absolute atomic E-state index is 9.35. The molecule has 6 heteroatoms. The molecule has 2 N–H and O–H groups in total. The van der Waals surface area contributed by atoms with Gasteiger partial charge in [-0.1, -0.05) is 19.9 Å². The van der Waals surface area contributed by atoms with Crippen LogP contribution in [-0.4, -0.2) is 69.0 Å². The number of guanidine groups is 1. The first-order chi connectivity index (χ1) is 13.6. The van der Waals surface area contributed by atoms with Crippen LogP contribution in [0.1, 0.15) is 33.6 Å². The summed E-state index contributed by atoms with van der Waals surface area (Å²) < 4.78 is 5.35. The molecule has 0 aliphatic carbocycles. The van der Waals surface area contributed by atoms with E-state index in [4.69, 9.17) is 9.73 Å². The summed E-state index contributed by atoms with van der Waals surface area (Å²) in [6.07, 6.45) is 1.93. The molecular formula is C22H38N4O2. The number of hydrogen-bond donors (Lipinski definition) is 2. The number of hydrogen-bond acceptors (Lipinski definition) is 4. The van der Waals surface area contributed by atoms with E-state index in [0.29, 0.717) is 11.8 Å². The van der Waals surface area contributed by atoms with Crippen LogP contribution in [0.25, 0.3) is 0 Å². The molecule has 1 unspecified atom stereocenters. The van der Waals surface area contributed by atoms with Crippen LogP contribution in [0.3, 0.4) is 0 Å². The number of rotatable bonds is 9. The first kappa shape index (κ1) is 22.3. The number of methoxy groups -OCH3 is 1. The summed E-state index contributed by atoms with van der Waals surface area (Å²) in [5.41, 5.74) is 1.21. The van der Waals surface area contributed by atoms with Crippen LogP contribution in [-0.2, 0) is 0 Å². The number of anilines is 1. The van der Waals surface area contributed by atoms with E-state index >= 15 is 0 Å². The predicted molar refractivity (Wildman–Crippen MR) is 117 cm³/mol. The monoisotopic (exact) mass is 390 g/mol. The number of nitrogens with zero attached hydrogens (tertiary/aromatic N) is 3. The van der Waals surface area contributed by atoms with Crippen molar-refractivity contribution in [2.45, 2.75) is 33.6 Å². The minimum absolute atomic E-state index is 0.239. The molecule has 1 atom stereocenters. The fourth-order valence-electron chi connectivity index (χ4n) is 3.76. The Bertz CT molecular complexity index is 598. The highest BCUT2D eigenvalue weighted by atomic mass is 16.5. The Labute approximate surface area is 170 Å². The van der Waals surface area contributed by atoms with Gasteiger partial charge in [0, 0.05) is 57.6 Å². The van der Waals surface area contributed by atoms with Gasteiger partial charge in [0.2, 0.25) is 0 Å². The molecular weight excluding hydrogens is 352 g/mol. The highest BCUT2D eigenvalue weighted by molar-refractivity contribution is 5.80. The highest BCUT2D eigenvalue weighted by Crippen LogP contribution is 2.22. The van der Waals surface area contributed by atoms with Gasteiger partial charge in [0.25, 0.3) is 0 Å². The minimum atomic E-state index is 0.239. The fourth-order valence-corrected chi connectivity index (χ4v) is 3.76. The maximum atomic E-state index is 9.35. The van der Waals surface area contributed by atoms with Gasteiger partial charge < -0.3 is 25.0 Å². The van der Waals surface area contributed by atoms with E-state index in [9.17, 15) is 5.11 Å². The average molecular weight is 391 g/mol. The molecule has 1 aliphatic heterocycles. The molecule has 6 nitrogen and oxygen atoms in total. The van der Waals surface area contributed by atoms with Crippen molar-refractivity contribution in [2.75, 3.05) is 57.9 Å². The second-order valence-electron chi connectivity index (χ2n) is 7.88. The van der Waals surface area contributed by atoms with Crippen LogP contribution < -0.4 is 15.0 Å². The van der Waals surface area contributed by atoms with Gasteiger partial charge in [-0.3, -0.25) is 4.99 Å². The molecule has 0 aromatic heterocycles. The van der Waals surface area contributed by atoms with Crippen molar-refractivity contribution in [3.8, 4) is 5.75 Å². The van der Waals surface area contributed by atoms with Crippen LogP contribution in [0.4, 0.5) is 5.69 Å². The Balaban J connectivity index is 1.97. The number of aliphatic imine (C=N–C) groups is 1. The normalized spacial score (nSPS) is 16.4. The average Bonchev–Trinajstić information content (AvgIpc) is 2.71. The lowest BCUT2D eigenvalue weighted by Crippen LogP contribution is -2.52. The van der Waals surface area contributed by atoms with Crippen LogP contribution in [0, 0.1) is 11.8 Å². The second kappa shape index (κ2) is 11.8. The highest BCUT2D eigenvalue weighted by Gasteiger charge is 2.20. The van der Waals surface area contributed by atoms with Gasteiger partial charge in [0.05, 0.1) is 7.11 Å². The van der Waals surface area contributed by atoms with Gasteiger partial charge in [-0.15, -0.1) is 0 Å². The summed E-state index contributed by atoms with van der Waals surface area (Å²) in [5, 5.41) is 12.8. The third kappa shape index (κ3) is 6.89. The van der Waals surface area contributed by atoms with E-state index in [2.05, 4.69) is 48.0 Å². The van der Waals surface area contributed by atoms with Crippen molar-refractivity contribution in [1.29, 1.82) is 0 Å². The molecule has 0 amide bonds. The predicted octanol–water partition coefficient (Wildman–Crippen LogP) is 2.83. The van der Waals surface area contributed by atoms with Crippen molar-refractivity contribution < 1.29 is 9.84 Å². The van der Waals surface area contributed by atoms with Gasteiger partial charge in [-0.2, -0.15) is 0 Å². The van der Waals surface area contributed by atoms with Crippen LogP contribution in [0.5, 0.6) is 5.75 Å². The van der Waals surface area contributed by atoms with Crippen molar-refractivity contribution in [1.82, 2.24) is 10.2 Å². The first-order valence-electron chi connectivity index (χ1n) is 10.6. The van der Waals surface area contributed by atoms with Crippen molar-refractivity contribution >= 4 is 11.6 Å². The lowest BCUT2D eigenvalue weighted by Gasteiger charge is -2.38. The molecule has 0 bridgehead atoms. The molecule has 1 saturated heterocycles. The van der Waals surface area contributed by atoms with Crippen LogP contribution in [0.2, 0.25) is 0 Å². The largest absolute Gasteiger partial charge is 0.497 e. The lowest BCUT2D eigenvalue weighted by molar-refractivity contribution is 0.245. The van der Waals surface area contributed by atoms with E-state index < -0.39 is 0 Å². The third-order valence-electron chi connectivity index (χ3n) is 5.17. The lowest BCUT2D eigenvalue weighted by atomic mass is 9.94. The minimum Gasteiger partial charge on any atom is -0.497 e. The van der Waals surface area contributed by atoms with E-state index in [1.54, 1.807) is 7.11 Å². The smallest absolute Gasteiger partial charge is 0.194 e. The fraction of sp³-hybridized carbons (Fsp3) is 0.682. The zero-order valence-electron chi connectivity index (χ0n) is 18.0. The van der Waals surface area contributed by atoms with Gasteiger partial charge in [-0.25, -0.2) is 0 Å². The summed E-state index contributed by atoms with van der Waals surface area (Å²) in [5.74, 6) is 2.96. The standard InChI is InChI=1S/C22H38N4O2/c1-5-23-22(24-17-19(9-14-27)15-18(2)3)26-12-10-25(11-13-26)20-7-6-8-21(16-20)28-4/h6-8,16,18-19,27H,5,9-15,17H2,1-4H3,(H,23,24). The first-order valence-corrected chi connectivity index (χ1v) is 10.6. The van der Waals surface area contributed by atoms with Crippen molar-refractivity contribution in [2.24, 2.45) is 16.8 Å². The molecule has 0 spiro atoms. The zero-order valence-corrected chi connectivity index (χ0v) is 18.0. The van der Waals surface area contributed by atoms with Gasteiger partial charge in [-0.05, 0) is 43.7 Å². The third-order valence-corrected chi connectivity index (χ3v) is 5.17. The Morgan fingerprint density at radius 2 is 2.00 bits per heavy atom. The molecule has 1 aromatic rings. The number of aliphatic hydroxyl groups is 1. The molecule has 2 rings (SSSR count). The number of ether oxygens (including phenoxy) is 1. The van der Waals surface area contributed by atoms with E-state index in [-0.39, 0.29) is 6.61 Å². The maximum Gasteiger partial charge on any atom is 0.194 e. The van der Waals surface area contributed by atoms with Gasteiger partial charge >= 0.3 is 0 Å². The Hall–Kier alpha value is -1.95. The SMILES string of the molecule is CCNC(=NCC(CCO)CC(C)C)N1CCN(c2cccc(OC)c2)CC1. The van der Waals surface area contributed by atoms with Gasteiger partial charge in [0.1, 0.15) is 5.75 Å². The molecule has 158 valence electrons. The quantitative estimate of drug-likeness (QED) is 0.502. The second-order valence-corrected chi connectivity index (χ2v) is 7.88. The number of benzene rings is 1. The summed E-state index contributed by atoms with van der Waals surface area (Å²) in [7, 11) is 1.71. The molecule has 1 heterocycles. The number of piperazine rings is 1. The topological polar surface area (TPSA) is 60.3 Å². The van der Waals surface area contributed by atoms with Crippen molar-refractivity contribution in [3.05, 3.63) is 24.3 Å². The molecule has 0 radical (unpaired) electrons. The summed E-state index contributed by atoms with van der Waals surface area (Å²) >= 11 is 0. The summed E-state index contributed by atoms with van der Waals surface area (Å²) in [6.45, 7) is 12.3. The van der Waals surface area contributed by atoms with Gasteiger partial charge in [0.15, 0.2) is 5.96 Å².